The van der Waals surface area contributed by atoms with Gasteiger partial charge in [-0.3, -0.25) is 9.69 Å². The molecular formula is C16H22N2O3S. The number of amides is 1. The van der Waals surface area contributed by atoms with Crippen LogP contribution in [-0.2, 0) is 21.2 Å². The Bertz CT molecular complexity index is 669. The summed E-state index contributed by atoms with van der Waals surface area (Å²) in [6.07, 6.45) is 4.02. The van der Waals surface area contributed by atoms with Crippen LogP contribution in [0.25, 0.3) is 0 Å². The molecule has 2 aliphatic heterocycles. The highest BCUT2D eigenvalue weighted by atomic mass is 32.2. The van der Waals surface area contributed by atoms with Crippen molar-refractivity contribution in [2.75, 3.05) is 19.8 Å². The van der Waals surface area contributed by atoms with Gasteiger partial charge < -0.3 is 4.90 Å². The van der Waals surface area contributed by atoms with Crippen LogP contribution in [0.5, 0.6) is 0 Å². The van der Waals surface area contributed by atoms with E-state index >= 15 is 0 Å². The van der Waals surface area contributed by atoms with Crippen molar-refractivity contribution in [1.29, 1.82) is 0 Å². The lowest BCUT2D eigenvalue weighted by Gasteiger charge is -2.27. The summed E-state index contributed by atoms with van der Waals surface area (Å²) in [5, 5.41) is 0. The Morgan fingerprint density at radius 1 is 1.14 bits per heavy atom. The number of nitrogens with zero attached hydrogens (tertiary/aromatic N) is 2. The first-order valence-corrected chi connectivity index (χ1v) is 9.52. The minimum Gasteiger partial charge on any atom is -0.344 e. The molecule has 2 aliphatic rings. The zero-order chi connectivity index (χ0) is 15.9. The summed E-state index contributed by atoms with van der Waals surface area (Å²) in [6, 6.07) is 7.83. The second-order valence-corrected chi connectivity index (χ2v) is 8.47. The second-order valence-electron chi connectivity index (χ2n) is 6.45. The average molecular weight is 322 g/mol. The molecule has 1 amide bonds. The molecule has 5 nitrogen and oxygen atoms in total. The number of fused-ring (bicyclic) bond motifs is 2. The second kappa shape index (κ2) is 5.66. The lowest BCUT2D eigenvalue weighted by Crippen LogP contribution is -2.38. The van der Waals surface area contributed by atoms with Crippen LogP contribution in [0.3, 0.4) is 0 Å². The Morgan fingerprint density at radius 2 is 1.77 bits per heavy atom. The molecule has 0 aliphatic carbocycles. The highest BCUT2D eigenvalue weighted by Crippen LogP contribution is 2.31. The first-order valence-electron chi connectivity index (χ1n) is 7.63. The Hall–Kier alpha value is -1.40. The number of hydrogen-bond donors (Lipinski definition) is 0. The molecule has 2 heterocycles. The van der Waals surface area contributed by atoms with Gasteiger partial charge in [0, 0.05) is 44.9 Å². The lowest BCUT2D eigenvalue weighted by atomic mass is 10.1. The first kappa shape index (κ1) is 15.5. The van der Waals surface area contributed by atoms with Gasteiger partial charge in [0.05, 0.1) is 4.90 Å². The van der Waals surface area contributed by atoms with E-state index in [2.05, 4.69) is 4.90 Å². The molecule has 0 aromatic heterocycles. The Kier molecular flexibility index (Phi) is 3.99. The Morgan fingerprint density at radius 3 is 2.41 bits per heavy atom. The number of likely N-dealkylation sites (N-methyl/N-ethyl adjacent to an activating group) is 1. The number of benzene rings is 1. The summed E-state index contributed by atoms with van der Waals surface area (Å²) in [4.78, 5) is 16.6. The van der Waals surface area contributed by atoms with E-state index in [9.17, 15) is 13.2 Å². The van der Waals surface area contributed by atoms with Crippen molar-refractivity contribution >= 4 is 15.7 Å². The number of likely N-dealkylation sites (tertiary alicyclic amines) is 1. The van der Waals surface area contributed by atoms with E-state index in [-0.39, 0.29) is 5.91 Å². The van der Waals surface area contributed by atoms with Crippen molar-refractivity contribution in [3.8, 4) is 0 Å². The highest BCUT2D eigenvalue weighted by Gasteiger charge is 2.39. The van der Waals surface area contributed by atoms with Crippen LogP contribution in [0.15, 0.2) is 29.2 Å². The zero-order valence-electron chi connectivity index (χ0n) is 13.0. The fraction of sp³-hybridized carbons (Fsp3) is 0.562. The van der Waals surface area contributed by atoms with E-state index in [1.54, 1.807) is 12.1 Å². The fourth-order valence-electron chi connectivity index (χ4n) is 3.52. The van der Waals surface area contributed by atoms with Crippen LogP contribution in [0.1, 0.15) is 24.8 Å². The number of hydrogen-bond acceptors (Lipinski definition) is 4. The summed E-state index contributed by atoms with van der Waals surface area (Å²) >= 11 is 0. The molecule has 0 spiro atoms. The molecule has 0 saturated carbocycles. The maximum Gasteiger partial charge on any atom is 0.223 e. The molecule has 1 aromatic rings. The van der Waals surface area contributed by atoms with Gasteiger partial charge in [0.2, 0.25) is 5.91 Å². The first-order chi connectivity index (χ1) is 10.3. The standard InChI is InChI=1S/C16H22N2O3S/c1-17-11-14-6-5-13(9-16(17)19)18(14)10-12-3-7-15(8-4-12)22(2,20)21/h3-4,7-8,13-14H,5-6,9-11H2,1-2H3/t13-,14+/m1/s1. The molecule has 6 heteroatoms. The third-order valence-corrected chi connectivity index (χ3v) is 5.94. The monoisotopic (exact) mass is 322 g/mol. The van der Waals surface area contributed by atoms with E-state index in [1.807, 2.05) is 24.1 Å². The average Bonchev–Trinajstić information content (AvgIpc) is 2.75. The third-order valence-electron chi connectivity index (χ3n) is 4.81. The van der Waals surface area contributed by atoms with Crippen molar-refractivity contribution in [2.24, 2.45) is 0 Å². The van der Waals surface area contributed by atoms with Gasteiger partial charge in [-0.1, -0.05) is 12.1 Å². The van der Waals surface area contributed by atoms with Gasteiger partial charge in [0.25, 0.3) is 0 Å². The molecule has 2 atom stereocenters. The van der Waals surface area contributed by atoms with Crippen LogP contribution in [0.2, 0.25) is 0 Å². The molecule has 0 N–H and O–H groups in total. The Labute approximate surface area is 131 Å². The van der Waals surface area contributed by atoms with Crippen molar-refractivity contribution in [2.45, 2.75) is 42.8 Å². The zero-order valence-corrected chi connectivity index (χ0v) is 13.8. The molecule has 120 valence electrons. The summed E-state index contributed by atoms with van der Waals surface area (Å²) in [6.45, 7) is 1.57. The molecule has 2 bridgehead atoms. The topological polar surface area (TPSA) is 57.7 Å². The largest absolute Gasteiger partial charge is 0.344 e. The van der Waals surface area contributed by atoms with Gasteiger partial charge in [-0.2, -0.15) is 0 Å². The third kappa shape index (κ3) is 3.03. The smallest absolute Gasteiger partial charge is 0.223 e. The molecule has 3 rings (SSSR count). The molecule has 0 radical (unpaired) electrons. The fourth-order valence-corrected chi connectivity index (χ4v) is 4.15. The summed E-state index contributed by atoms with van der Waals surface area (Å²) < 4.78 is 23.0. The van der Waals surface area contributed by atoms with E-state index < -0.39 is 9.84 Å². The van der Waals surface area contributed by atoms with Gasteiger partial charge >= 0.3 is 0 Å². The quantitative estimate of drug-likeness (QED) is 0.841. The normalized spacial score (nSPS) is 26.3. The molecule has 22 heavy (non-hydrogen) atoms. The van der Waals surface area contributed by atoms with Crippen molar-refractivity contribution in [3.63, 3.8) is 0 Å². The van der Waals surface area contributed by atoms with Gasteiger partial charge in [-0.15, -0.1) is 0 Å². The molecule has 2 saturated heterocycles. The lowest BCUT2D eigenvalue weighted by molar-refractivity contribution is -0.130. The number of carbonyl (C=O) groups excluding carboxylic acids is 1. The van der Waals surface area contributed by atoms with Gasteiger partial charge in [0.15, 0.2) is 9.84 Å². The van der Waals surface area contributed by atoms with Crippen molar-refractivity contribution in [1.82, 2.24) is 9.80 Å². The maximum absolute atomic E-state index is 12.0. The van der Waals surface area contributed by atoms with Crippen molar-refractivity contribution in [3.05, 3.63) is 29.8 Å². The highest BCUT2D eigenvalue weighted by molar-refractivity contribution is 7.90. The maximum atomic E-state index is 12.0. The summed E-state index contributed by atoms with van der Waals surface area (Å²) in [5.74, 6) is 0.227. The molecule has 0 unspecified atom stereocenters. The van der Waals surface area contributed by atoms with Crippen molar-refractivity contribution < 1.29 is 13.2 Å². The van der Waals surface area contributed by atoms with Gasteiger partial charge in [-0.25, -0.2) is 8.42 Å². The molecule has 1 aromatic carbocycles. The minimum absolute atomic E-state index is 0.227. The van der Waals surface area contributed by atoms with E-state index in [1.165, 1.54) is 6.26 Å². The van der Waals surface area contributed by atoms with E-state index in [4.69, 9.17) is 0 Å². The SMILES string of the molecule is CN1C[C@@H]2CC[C@H](CC1=O)N2Cc1ccc(S(C)(=O)=O)cc1. The van der Waals surface area contributed by atoms with Crippen LogP contribution in [-0.4, -0.2) is 56.1 Å². The number of sulfone groups is 1. The van der Waals surface area contributed by atoms with Crippen LogP contribution < -0.4 is 0 Å². The number of rotatable bonds is 3. The molecular weight excluding hydrogens is 300 g/mol. The van der Waals surface area contributed by atoms with Crippen LogP contribution >= 0.6 is 0 Å². The summed E-state index contributed by atoms with van der Waals surface area (Å²) in [5.41, 5.74) is 1.10. The van der Waals surface area contributed by atoms with Gasteiger partial charge in [-0.05, 0) is 30.5 Å². The van der Waals surface area contributed by atoms with Gasteiger partial charge in [0.1, 0.15) is 0 Å². The Balaban J connectivity index is 1.77. The predicted octanol–water partition coefficient (Wildman–Crippen LogP) is 1.29. The number of carbonyl (C=O) groups is 1. The van der Waals surface area contributed by atoms with Crippen LogP contribution in [0, 0.1) is 0 Å². The van der Waals surface area contributed by atoms with E-state index in [0.717, 1.165) is 31.5 Å². The predicted molar refractivity (Wildman–Crippen MR) is 84.2 cm³/mol. The summed E-state index contributed by atoms with van der Waals surface area (Å²) in [7, 11) is -1.27. The molecule has 2 fully saturated rings. The minimum atomic E-state index is -3.15. The van der Waals surface area contributed by atoms with E-state index in [0.29, 0.717) is 23.4 Å². The van der Waals surface area contributed by atoms with Crippen LogP contribution in [0.4, 0.5) is 0 Å².